The molecule has 134 valence electrons. The van der Waals surface area contributed by atoms with Gasteiger partial charge in [0.25, 0.3) is 0 Å². The highest BCUT2D eigenvalue weighted by atomic mass is 127. The molecule has 0 spiro atoms. The summed E-state index contributed by atoms with van der Waals surface area (Å²) >= 11 is 2.38. The number of benzene rings is 4. The molecule has 0 amide bonds. The first-order valence-electron chi connectivity index (χ1n) is 9.21. The molecule has 0 atom stereocenters. The number of Topliss-reactive ketones (excluding diaryl/α,β-unsaturated/α-hetero) is 1. The first-order chi connectivity index (χ1) is 13.7. The van der Waals surface area contributed by atoms with Gasteiger partial charge in [0.1, 0.15) is 0 Å². The Labute approximate surface area is 176 Å². The molecule has 0 aliphatic heterocycles. The number of pyridine rings is 1. The second-order valence-electron chi connectivity index (χ2n) is 7.01. The lowest BCUT2D eigenvalue weighted by molar-refractivity contribution is -0.681. The summed E-state index contributed by atoms with van der Waals surface area (Å²) in [6, 6.07) is 26.8. The zero-order valence-corrected chi connectivity index (χ0v) is 17.3. The van der Waals surface area contributed by atoms with Gasteiger partial charge < -0.3 is 0 Å². The average molecular weight is 474 g/mol. The summed E-state index contributed by atoms with van der Waals surface area (Å²) in [7, 11) is 0. The number of carbonyl (C=O) groups is 1. The van der Waals surface area contributed by atoms with E-state index in [1.165, 1.54) is 19.7 Å². The van der Waals surface area contributed by atoms with Crippen molar-refractivity contribution in [1.29, 1.82) is 0 Å². The number of rotatable bonds is 3. The lowest BCUT2D eigenvalue weighted by atomic mass is 9.98. The molecule has 0 N–H and O–H groups in total. The van der Waals surface area contributed by atoms with Crippen molar-refractivity contribution in [2.45, 2.75) is 6.54 Å². The van der Waals surface area contributed by atoms with E-state index in [-0.39, 0.29) is 5.78 Å². The lowest BCUT2D eigenvalue weighted by Gasteiger charge is -2.08. The number of aromatic nitrogens is 1. The molecule has 0 bridgehead atoms. The first kappa shape index (κ1) is 17.3. The molecule has 0 saturated carbocycles. The maximum absolute atomic E-state index is 13.0. The predicted molar refractivity (Wildman–Crippen MR) is 123 cm³/mol. The predicted octanol–water partition coefficient (Wildman–Crippen LogP) is 5.92. The van der Waals surface area contributed by atoms with Crippen LogP contribution in [0.2, 0.25) is 0 Å². The summed E-state index contributed by atoms with van der Waals surface area (Å²) in [6.45, 7) is 0.332. The summed E-state index contributed by atoms with van der Waals surface area (Å²) in [4.78, 5) is 13.0. The van der Waals surface area contributed by atoms with Crippen LogP contribution in [0.25, 0.3) is 32.3 Å². The topological polar surface area (TPSA) is 20.9 Å². The minimum Gasteiger partial charge on any atom is -0.287 e. The molecule has 0 fully saturated rings. The van der Waals surface area contributed by atoms with Crippen molar-refractivity contribution in [1.82, 2.24) is 0 Å². The maximum atomic E-state index is 13.0. The standard InChI is InChI=1S/C25H17INO/c26-24-14-18-9-10-19(13-23(18)21-7-3-4-8-22(21)24)25(28)16-27-12-11-17-5-1-2-6-20(17)15-27/h1-15H,16H2/q+1. The van der Waals surface area contributed by atoms with Crippen LogP contribution in [0, 0.1) is 3.57 Å². The summed E-state index contributed by atoms with van der Waals surface area (Å²) in [6.07, 6.45) is 4.01. The maximum Gasteiger partial charge on any atom is 0.227 e. The van der Waals surface area contributed by atoms with Gasteiger partial charge in [-0.15, -0.1) is 0 Å². The van der Waals surface area contributed by atoms with Crippen LogP contribution in [0.5, 0.6) is 0 Å². The third kappa shape index (κ3) is 3.06. The summed E-state index contributed by atoms with van der Waals surface area (Å²) in [5.74, 6) is 0.116. The first-order valence-corrected chi connectivity index (χ1v) is 10.3. The molecule has 4 aromatic carbocycles. The summed E-state index contributed by atoms with van der Waals surface area (Å²) in [5.41, 5.74) is 0.750. The molecular formula is C25H17INO+. The van der Waals surface area contributed by atoms with Gasteiger partial charge in [0.05, 0.1) is 0 Å². The van der Waals surface area contributed by atoms with Crippen LogP contribution in [0.1, 0.15) is 10.4 Å². The van der Waals surface area contributed by atoms with Gasteiger partial charge in [0.2, 0.25) is 12.3 Å². The van der Waals surface area contributed by atoms with E-state index in [4.69, 9.17) is 0 Å². The van der Waals surface area contributed by atoms with Crippen LogP contribution in [0.3, 0.4) is 0 Å². The van der Waals surface area contributed by atoms with Crippen molar-refractivity contribution in [3.8, 4) is 0 Å². The molecule has 0 unspecified atom stereocenters. The number of hydrogen-bond acceptors (Lipinski definition) is 1. The average Bonchev–Trinajstić information content (AvgIpc) is 2.73. The van der Waals surface area contributed by atoms with Crippen LogP contribution < -0.4 is 4.57 Å². The monoisotopic (exact) mass is 474 g/mol. The largest absolute Gasteiger partial charge is 0.287 e. The number of ketones is 1. The smallest absolute Gasteiger partial charge is 0.227 e. The van der Waals surface area contributed by atoms with E-state index in [9.17, 15) is 4.79 Å². The van der Waals surface area contributed by atoms with Crippen LogP contribution >= 0.6 is 22.6 Å². The van der Waals surface area contributed by atoms with Gasteiger partial charge in [0.15, 0.2) is 12.4 Å². The second kappa shape index (κ2) is 6.99. The van der Waals surface area contributed by atoms with Crippen LogP contribution in [0.15, 0.2) is 91.3 Å². The fourth-order valence-corrected chi connectivity index (χ4v) is 4.57. The quantitative estimate of drug-likeness (QED) is 0.138. The Kier molecular flexibility index (Phi) is 4.32. The highest BCUT2D eigenvalue weighted by molar-refractivity contribution is 14.1. The number of nitrogens with zero attached hydrogens (tertiary/aromatic N) is 1. The fourth-order valence-electron chi connectivity index (χ4n) is 3.76. The number of carbonyl (C=O) groups excluding carboxylic acids is 1. The van der Waals surface area contributed by atoms with E-state index in [0.29, 0.717) is 6.54 Å². The van der Waals surface area contributed by atoms with E-state index >= 15 is 0 Å². The van der Waals surface area contributed by atoms with Gasteiger partial charge in [0, 0.05) is 20.6 Å². The molecule has 0 aliphatic carbocycles. The molecule has 1 aromatic heterocycles. The molecule has 0 radical (unpaired) electrons. The minimum atomic E-state index is 0.116. The van der Waals surface area contributed by atoms with E-state index in [1.54, 1.807) is 0 Å². The SMILES string of the molecule is O=C(C[n+]1ccc2ccccc2c1)c1ccc2cc(I)c3ccccc3c2c1. The van der Waals surface area contributed by atoms with Crippen molar-refractivity contribution in [2.24, 2.45) is 0 Å². The van der Waals surface area contributed by atoms with Crippen molar-refractivity contribution in [3.05, 3.63) is 100 Å². The Bertz CT molecular complexity index is 1370. The zero-order chi connectivity index (χ0) is 19.1. The molecule has 5 rings (SSSR count). The Morgan fingerprint density at radius 1 is 0.750 bits per heavy atom. The van der Waals surface area contributed by atoms with E-state index in [0.717, 1.165) is 21.7 Å². The van der Waals surface area contributed by atoms with Crippen molar-refractivity contribution >= 4 is 60.7 Å². The Morgan fingerprint density at radius 3 is 2.36 bits per heavy atom. The third-order valence-electron chi connectivity index (χ3n) is 5.20. The highest BCUT2D eigenvalue weighted by Gasteiger charge is 2.14. The van der Waals surface area contributed by atoms with E-state index in [1.807, 2.05) is 41.2 Å². The number of hydrogen-bond donors (Lipinski definition) is 0. The molecule has 28 heavy (non-hydrogen) atoms. The fraction of sp³-hybridized carbons (Fsp3) is 0.0400. The molecular weight excluding hydrogens is 457 g/mol. The van der Waals surface area contributed by atoms with Crippen LogP contribution in [-0.2, 0) is 6.54 Å². The number of halogens is 1. The highest BCUT2D eigenvalue weighted by Crippen LogP contribution is 2.30. The van der Waals surface area contributed by atoms with Gasteiger partial charge in [-0.25, -0.2) is 0 Å². The molecule has 2 nitrogen and oxygen atoms in total. The van der Waals surface area contributed by atoms with Gasteiger partial charge >= 0.3 is 0 Å². The summed E-state index contributed by atoms with van der Waals surface area (Å²) in [5, 5.41) is 7.03. The molecule has 1 heterocycles. The third-order valence-corrected chi connectivity index (χ3v) is 6.10. The summed E-state index contributed by atoms with van der Waals surface area (Å²) < 4.78 is 3.19. The van der Waals surface area contributed by atoms with Gasteiger partial charge in [-0.05, 0) is 67.7 Å². The minimum absolute atomic E-state index is 0.116. The molecule has 0 aliphatic rings. The Balaban J connectivity index is 1.55. The molecule has 5 aromatic rings. The van der Waals surface area contributed by atoms with Gasteiger partial charge in [-0.3, -0.25) is 4.79 Å². The second-order valence-corrected chi connectivity index (χ2v) is 8.17. The molecule has 3 heteroatoms. The Morgan fingerprint density at radius 2 is 1.50 bits per heavy atom. The van der Waals surface area contributed by atoms with Crippen molar-refractivity contribution in [3.63, 3.8) is 0 Å². The number of fused-ring (bicyclic) bond motifs is 4. The van der Waals surface area contributed by atoms with Gasteiger partial charge in [-0.1, -0.05) is 54.6 Å². The zero-order valence-electron chi connectivity index (χ0n) is 15.1. The van der Waals surface area contributed by atoms with E-state index < -0.39 is 0 Å². The van der Waals surface area contributed by atoms with Crippen molar-refractivity contribution in [2.75, 3.05) is 0 Å². The van der Waals surface area contributed by atoms with Crippen LogP contribution in [-0.4, -0.2) is 5.78 Å². The van der Waals surface area contributed by atoms with Crippen molar-refractivity contribution < 1.29 is 9.36 Å². The normalized spacial score (nSPS) is 11.3. The van der Waals surface area contributed by atoms with E-state index in [2.05, 4.69) is 77.2 Å². The van der Waals surface area contributed by atoms with Gasteiger partial charge in [-0.2, -0.15) is 4.57 Å². The van der Waals surface area contributed by atoms with Crippen LogP contribution in [0.4, 0.5) is 0 Å². The molecule has 0 saturated heterocycles. The Hall–Kier alpha value is -2.79. The lowest BCUT2D eigenvalue weighted by Crippen LogP contribution is -2.37.